The van der Waals surface area contributed by atoms with Crippen molar-refractivity contribution in [3.63, 3.8) is 0 Å². The molecule has 27 heavy (non-hydrogen) atoms. The molecule has 1 fully saturated rings. The summed E-state index contributed by atoms with van der Waals surface area (Å²) < 4.78 is 18.5. The SMILES string of the molecule is COc1ccccc1NC(=O)N1CCC[C@@H]1C(=O)Nc1ccc(F)c(Cl)c1. The van der Waals surface area contributed by atoms with Crippen molar-refractivity contribution in [1.82, 2.24) is 4.90 Å². The van der Waals surface area contributed by atoms with Gasteiger partial charge in [0.2, 0.25) is 5.91 Å². The third-order valence-corrected chi connectivity index (χ3v) is 4.64. The van der Waals surface area contributed by atoms with Crippen molar-refractivity contribution < 1.29 is 18.7 Å². The van der Waals surface area contributed by atoms with Crippen LogP contribution in [0.1, 0.15) is 12.8 Å². The highest BCUT2D eigenvalue weighted by molar-refractivity contribution is 6.31. The second-order valence-corrected chi connectivity index (χ2v) is 6.51. The molecule has 1 aliphatic heterocycles. The van der Waals surface area contributed by atoms with Crippen molar-refractivity contribution >= 4 is 34.9 Å². The summed E-state index contributed by atoms with van der Waals surface area (Å²) >= 11 is 5.74. The van der Waals surface area contributed by atoms with Crippen molar-refractivity contribution in [1.29, 1.82) is 0 Å². The number of benzene rings is 2. The quantitative estimate of drug-likeness (QED) is 0.823. The molecule has 0 saturated carbocycles. The molecule has 3 rings (SSSR count). The average Bonchev–Trinajstić information content (AvgIpc) is 3.15. The van der Waals surface area contributed by atoms with Crippen LogP contribution in [0.5, 0.6) is 5.75 Å². The Balaban J connectivity index is 1.69. The number of urea groups is 1. The van der Waals surface area contributed by atoms with Crippen LogP contribution in [0.2, 0.25) is 5.02 Å². The van der Waals surface area contributed by atoms with Crippen molar-refractivity contribution in [3.05, 3.63) is 53.3 Å². The summed E-state index contributed by atoms with van der Waals surface area (Å²) in [6.45, 7) is 0.462. The Morgan fingerprint density at radius 2 is 2.00 bits per heavy atom. The van der Waals surface area contributed by atoms with Gasteiger partial charge in [-0.1, -0.05) is 23.7 Å². The number of carbonyl (C=O) groups excluding carboxylic acids is 2. The topological polar surface area (TPSA) is 70.7 Å². The molecular formula is C19H19ClFN3O3. The number of para-hydroxylation sites is 2. The Morgan fingerprint density at radius 3 is 2.74 bits per heavy atom. The predicted molar refractivity (Wildman–Crippen MR) is 102 cm³/mol. The lowest BCUT2D eigenvalue weighted by Crippen LogP contribution is -2.45. The van der Waals surface area contributed by atoms with E-state index in [9.17, 15) is 14.0 Å². The van der Waals surface area contributed by atoms with Crippen LogP contribution >= 0.6 is 11.6 Å². The molecule has 6 nitrogen and oxygen atoms in total. The number of hydrogen-bond acceptors (Lipinski definition) is 3. The van der Waals surface area contributed by atoms with Crippen molar-refractivity contribution in [3.8, 4) is 5.75 Å². The van der Waals surface area contributed by atoms with E-state index in [1.54, 1.807) is 24.3 Å². The van der Waals surface area contributed by atoms with E-state index < -0.39 is 11.9 Å². The number of rotatable bonds is 4. The Bertz CT molecular complexity index is 862. The summed E-state index contributed by atoms with van der Waals surface area (Å²) in [4.78, 5) is 26.7. The van der Waals surface area contributed by atoms with Crippen LogP contribution < -0.4 is 15.4 Å². The highest BCUT2D eigenvalue weighted by Crippen LogP contribution is 2.26. The Hall–Kier alpha value is -2.80. The first-order valence-electron chi connectivity index (χ1n) is 8.46. The van der Waals surface area contributed by atoms with Crippen LogP contribution in [0, 0.1) is 5.82 Å². The second kappa shape index (κ2) is 8.26. The number of anilines is 2. The molecule has 1 atom stereocenters. The molecule has 2 aromatic carbocycles. The van der Waals surface area contributed by atoms with Gasteiger partial charge in [0, 0.05) is 12.2 Å². The number of carbonyl (C=O) groups is 2. The molecule has 2 aromatic rings. The molecule has 0 unspecified atom stereocenters. The molecule has 0 spiro atoms. The van der Waals surface area contributed by atoms with Gasteiger partial charge in [-0.25, -0.2) is 9.18 Å². The minimum absolute atomic E-state index is 0.0787. The standard InChI is InChI=1S/C19H19ClFN3O3/c1-27-17-7-3-2-5-15(17)23-19(26)24-10-4-6-16(24)18(25)22-12-8-9-14(21)13(20)11-12/h2-3,5,7-9,11,16H,4,6,10H2,1H3,(H,22,25)(H,23,26)/t16-/m1/s1. The van der Waals surface area contributed by atoms with E-state index in [1.807, 2.05) is 0 Å². The van der Waals surface area contributed by atoms with Gasteiger partial charge in [-0.3, -0.25) is 4.79 Å². The van der Waals surface area contributed by atoms with Gasteiger partial charge in [0.1, 0.15) is 17.6 Å². The smallest absolute Gasteiger partial charge is 0.322 e. The summed E-state index contributed by atoms with van der Waals surface area (Å²) in [6.07, 6.45) is 1.25. The summed E-state index contributed by atoms with van der Waals surface area (Å²) in [5, 5.41) is 5.39. The van der Waals surface area contributed by atoms with Crippen molar-refractivity contribution in [2.45, 2.75) is 18.9 Å². The van der Waals surface area contributed by atoms with Gasteiger partial charge in [0.25, 0.3) is 0 Å². The fourth-order valence-corrected chi connectivity index (χ4v) is 3.20. The Labute approximate surface area is 161 Å². The number of ether oxygens (including phenoxy) is 1. The lowest BCUT2D eigenvalue weighted by Gasteiger charge is -2.24. The maximum Gasteiger partial charge on any atom is 0.322 e. The van der Waals surface area contributed by atoms with Gasteiger partial charge >= 0.3 is 6.03 Å². The number of likely N-dealkylation sites (tertiary alicyclic amines) is 1. The number of hydrogen-bond donors (Lipinski definition) is 2. The van der Waals surface area contributed by atoms with Crippen LogP contribution in [0.4, 0.5) is 20.6 Å². The van der Waals surface area contributed by atoms with Gasteiger partial charge in [0.15, 0.2) is 0 Å². The first kappa shape index (κ1) is 19.0. The van der Waals surface area contributed by atoms with E-state index in [-0.39, 0.29) is 17.0 Å². The van der Waals surface area contributed by atoms with Crippen LogP contribution in [-0.4, -0.2) is 36.5 Å². The van der Waals surface area contributed by atoms with E-state index >= 15 is 0 Å². The molecule has 0 bridgehead atoms. The van der Waals surface area contributed by atoms with Crippen LogP contribution in [0.3, 0.4) is 0 Å². The van der Waals surface area contributed by atoms with E-state index in [2.05, 4.69) is 10.6 Å². The molecule has 0 aliphatic carbocycles. The van der Waals surface area contributed by atoms with Gasteiger partial charge in [-0.15, -0.1) is 0 Å². The maximum absolute atomic E-state index is 13.3. The molecular weight excluding hydrogens is 373 g/mol. The van der Waals surface area contributed by atoms with Crippen molar-refractivity contribution in [2.75, 3.05) is 24.3 Å². The van der Waals surface area contributed by atoms with Crippen LogP contribution in [-0.2, 0) is 4.79 Å². The van der Waals surface area contributed by atoms with Gasteiger partial charge in [0.05, 0.1) is 17.8 Å². The summed E-state index contributed by atoms with van der Waals surface area (Å²) in [7, 11) is 1.52. The van der Waals surface area contributed by atoms with Crippen LogP contribution in [0.15, 0.2) is 42.5 Å². The fraction of sp³-hybridized carbons (Fsp3) is 0.263. The molecule has 1 saturated heterocycles. The van der Waals surface area contributed by atoms with E-state index in [1.165, 1.54) is 30.2 Å². The summed E-state index contributed by atoms with van der Waals surface area (Å²) in [5.74, 6) is -0.370. The molecule has 0 aromatic heterocycles. The molecule has 8 heteroatoms. The highest BCUT2D eigenvalue weighted by Gasteiger charge is 2.34. The van der Waals surface area contributed by atoms with Gasteiger partial charge in [-0.05, 0) is 43.2 Å². The van der Waals surface area contributed by atoms with E-state index in [0.717, 1.165) is 0 Å². The number of halogens is 2. The summed E-state index contributed by atoms with van der Waals surface area (Å²) in [6, 6.07) is 9.98. The Morgan fingerprint density at radius 1 is 1.22 bits per heavy atom. The number of nitrogens with zero attached hydrogens (tertiary/aromatic N) is 1. The lowest BCUT2D eigenvalue weighted by molar-refractivity contribution is -0.119. The van der Waals surface area contributed by atoms with Gasteiger partial charge in [-0.2, -0.15) is 0 Å². The zero-order chi connectivity index (χ0) is 19.4. The van der Waals surface area contributed by atoms with Crippen molar-refractivity contribution in [2.24, 2.45) is 0 Å². The molecule has 1 heterocycles. The number of amides is 3. The number of nitrogens with one attached hydrogen (secondary N) is 2. The molecule has 3 amide bonds. The predicted octanol–water partition coefficient (Wildman–Crippen LogP) is 4.12. The second-order valence-electron chi connectivity index (χ2n) is 6.10. The minimum atomic E-state index is -0.622. The third-order valence-electron chi connectivity index (χ3n) is 4.35. The van der Waals surface area contributed by atoms with Gasteiger partial charge < -0.3 is 20.3 Å². The fourth-order valence-electron chi connectivity index (χ4n) is 3.02. The van der Waals surface area contributed by atoms with E-state index in [4.69, 9.17) is 16.3 Å². The minimum Gasteiger partial charge on any atom is -0.495 e. The summed E-state index contributed by atoms with van der Waals surface area (Å²) in [5.41, 5.74) is 0.907. The highest BCUT2D eigenvalue weighted by atomic mass is 35.5. The monoisotopic (exact) mass is 391 g/mol. The number of methoxy groups -OCH3 is 1. The molecule has 0 radical (unpaired) electrons. The first-order valence-corrected chi connectivity index (χ1v) is 8.84. The lowest BCUT2D eigenvalue weighted by atomic mass is 10.2. The normalized spacial score (nSPS) is 16.1. The maximum atomic E-state index is 13.3. The third kappa shape index (κ3) is 4.31. The Kier molecular flexibility index (Phi) is 5.81. The largest absolute Gasteiger partial charge is 0.495 e. The molecule has 1 aliphatic rings. The average molecular weight is 392 g/mol. The first-order chi connectivity index (χ1) is 13.0. The zero-order valence-corrected chi connectivity index (χ0v) is 15.4. The molecule has 2 N–H and O–H groups in total. The van der Waals surface area contributed by atoms with E-state index in [0.29, 0.717) is 36.5 Å². The zero-order valence-electron chi connectivity index (χ0n) is 14.7. The molecule has 142 valence electrons. The van der Waals surface area contributed by atoms with Crippen LogP contribution in [0.25, 0.3) is 0 Å².